The summed E-state index contributed by atoms with van der Waals surface area (Å²) in [6.07, 6.45) is 1.68. The molecule has 3 rings (SSSR count). The second-order valence-electron chi connectivity index (χ2n) is 4.60. The molecule has 0 unspecified atom stereocenters. The Labute approximate surface area is 117 Å². The number of benzene rings is 1. The summed E-state index contributed by atoms with van der Waals surface area (Å²) in [5.41, 5.74) is 3.20. The fourth-order valence-electron chi connectivity index (χ4n) is 2.30. The Morgan fingerprint density at radius 1 is 1.10 bits per heavy atom. The van der Waals surface area contributed by atoms with Crippen LogP contribution in [-0.2, 0) is 19.6 Å². The van der Waals surface area contributed by atoms with Gasteiger partial charge >= 0.3 is 0 Å². The molecule has 0 aliphatic carbocycles. The normalized spacial score (nSPS) is 11.1. The average molecular weight is 267 g/mol. The van der Waals surface area contributed by atoms with Gasteiger partial charge in [0, 0.05) is 31.2 Å². The van der Waals surface area contributed by atoms with Crippen LogP contribution in [0.15, 0.2) is 42.6 Å². The van der Waals surface area contributed by atoms with E-state index in [1.165, 1.54) is 10.9 Å². The summed E-state index contributed by atoms with van der Waals surface area (Å²) in [5, 5.41) is 17.2. The number of fused-ring (bicyclic) bond motifs is 1. The predicted octanol–water partition coefficient (Wildman–Crippen LogP) is 2.14. The van der Waals surface area contributed by atoms with Crippen molar-refractivity contribution in [1.82, 2.24) is 25.3 Å². The Hall–Kier alpha value is -2.27. The molecule has 5 nitrogen and oxygen atoms in total. The second-order valence-corrected chi connectivity index (χ2v) is 4.60. The number of hydrogen-bond donors (Lipinski definition) is 1. The fourth-order valence-corrected chi connectivity index (χ4v) is 2.30. The molecule has 2 heterocycles. The van der Waals surface area contributed by atoms with Crippen molar-refractivity contribution in [3.05, 3.63) is 54.0 Å². The van der Waals surface area contributed by atoms with Gasteiger partial charge in [-0.25, -0.2) is 0 Å². The average Bonchev–Trinajstić information content (AvgIpc) is 2.87. The van der Waals surface area contributed by atoms with E-state index in [0.717, 1.165) is 24.5 Å². The summed E-state index contributed by atoms with van der Waals surface area (Å²) in [6, 6.07) is 12.2. The minimum Gasteiger partial charge on any atom is -0.305 e. The number of aromatic nitrogens is 4. The lowest BCUT2D eigenvalue weighted by molar-refractivity contribution is 0.624. The first-order chi connectivity index (χ1) is 9.88. The number of nitrogens with one attached hydrogen (secondary N) is 1. The van der Waals surface area contributed by atoms with E-state index in [4.69, 9.17) is 0 Å². The fraction of sp³-hybridized carbons (Fsp3) is 0.267. The summed E-state index contributed by atoms with van der Waals surface area (Å²) < 4.78 is 2.04. The van der Waals surface area contributed by atoms with Crippen molar-refractivity contribution in [1.29, 1.82) is 0 Å². The van der Waals surface area contributed by atoms with Crippen molar-refractivity contribution in [3.63, 3.8) is 0 Å². The zero-order chi connectivity index (χ0) is 13.8. The maximum Gasteiger partial charge on any atom is 0.0841 e. The molecule has 0 aliphatic heterocycles. The van der Waals surface area contributed by atoms with E-state index >= 15 is 0 Å². The van der Waals surface area contributed by atoms with Gasteiger partial charge in [-0.1, -0.05) is 18.2 Å². The van der Waals surface area contributed by atoms with Crippen LogP contribution in [0, 0.1) is 0 Å². The van der Waals surface area contributed by atoms with Gasteiger partial charge < -0.3 is 5.32 Å². The molecule has 1 aromatic carbocycles. The Balaban J connectivity index is 1.74. The van der Waals surface area contributed by atoms with Crippen LogP contribution in [0.3, 0.4) is 0 Å². The van der Waals surface area contributed by atoms with Crippen LogP contribution < -0.4 is 5.32 Å². The lowest BCUT2D eigenvalue weighted by Gasteiger charge is -2.01. The van der Waals surface area contributed by atoms with Gasteiger partial charge in [0.1, 0.15) is 0 Å². The zero-order valence-electron chi connectivity index (χ0n) is 11.5. The molecule has 0 saturated heterocycles. The Morgan fingerprint density at radius 3 is 2.80 bits per heavy atom. The predicted molar refractivity (Wildman–Crippen MR) is 78.0 cm³/mol. The Morgan fingerprint density at radius 2 is 2.00 bits per heavy atom. The maximum absolute atomic E-state index is 4.66. The third-order valence-corrected chi connectivity index (χ3v) is 3.26. The molecule has 2 aromatic heterocycles. The molecule has 0 saturated carbocycles. The van der Waals surface area contributed by atoms with E-state index in [0.29, 0.717) is 6.54 Å². The number of para-hydroxylation sites is 1. The maximum atomic E-state index is 4.66. The highest BCUT2D eigenvalue weighted by molar-refractivity contribution is 5.81. The minimum atomic E-state index is 0.696. The highest BCUT2D eigenvalue weighted by atomic mass is 15.3. The first-order valence-electron chi connectivity index (χ1n) is 6.80. The van der Waals surface area contributed by atoms with Crippen LogP contribution in [-0.4, -0.2) is 20.0 Å². The summed E-state index contributed by atoms with van der Waals surface area (Å²) in [7, 11) is 0. The van der Waals surface area contributed by atoms with Gasteiger partial charge in [-0.2, -0.15) is 15.3 Å². The molecular formula is C15H17N5. The van der Waals surface area contributed by atoms with Gasteiger partial charge in [0.25, 0.3) is 0 Å². The molecular weight excluding hydrogens is 250 g/mol. The van der Waals surface area contributed by atoms with Crippen LogP contribution in [0.4, 0.5) is 0 Å². The second kappa shape index (κ2) is 5.79. The van der Waals surface area contributed by atoms with E-state index in [-0.39, 0.29) is 0 Å². The van der Waals surface area contributed by atoms with Gasteiger partial charge in [-0.15, -0.1) is 0 Å². The lowest BCUT2D eigenvalue weighted by Crippen LogP contribution is -2.14. The molecule has 102 valence electrons. The smallest absolute Gasteiger partial charge is 0.0841 e. The highest BCUT2D eigenvalue weighted by Crippen LogP contribution is 2.18. The number of hydrogen-bond acceptors (Lipinski definition) is 4. The lowest BCUT2D eigenvalue weighted by atomic mass is 10.2. The molecule has 5 heteroatoms. The van der Waals surface area contributed by atoms with Crippen molar-refractivity contribution in [3.8, 4) is 0 Å². The molecule has 1 N–H and O–H groups in total. The Kier molecular flexibility index (Phi) is 3.69. The summed E-state index contributed by atoms with van der Waals surface area (Å²) in [6.45, 7) is 4.41. The van der Waals surface area contributed by atoms with E-state index < -0.39 is 0 Å². The van der Waals surface area contributed by atoms with E-state index in [9.17, 15) is 0 Å². The minimum absolute atomic E-state index is 0.696. The Bertz CT molecular complexity index is 690. The summed E-state index contributed by atoms with van der Waals surface area (Å²) in [4.78, 5) is 0. The van der Waals surface area contributed by atoms with Crippen LogP contribution >= 0.6 is 0 Å². The van der Waals surface area contributed by atoms with Crippen LogP contribution in [0.5, 0.6) is 0 Å². The van der Waals surface area contributed by atoms with Crippen molar-refractivity contribution in [2.75, 3.05) is 0 Å². The van der Waals surface area contributed by atoms with Gasteiger partial charge in [-0.3, -0.25) is 4.68 Å². The number of aryl methyl sites for hydroxylation is 1. The van der Waals surface area contributed by atoms with E-state index in [1.54, 1.807) is 6.20 Å². The molecule has 0 fully saturated rings. The molecule has 3 aromatic rings. The van der Waals surface area contributed by atoms with Crippen LogP contribution in [0.2, 0.25) is 0 Å². The summed E-state index contributed by atoms with van der Waals surface area (Å²) >= 11 is 0. The molecule has 0 bridgehead atoms. The third-order valence-electron chi connectivity index (χ3n) is 3.26. The zero-order valence-corrected chi connectivity index (χ0v) is 11.5. The molecule has 0 amide bonds. The van der Waals surface area contributed by atoms with Crippen LogP contribution in [0.1, 0.15) is 18.3 Å². The van der Waals surface area contributed by atoms with Crippen molar-refractivity contribution in [2.45, 2.75) is 26.6 Å². The third kappa shape index (κ3) is 2.53. The van der Waals surface area contributed by atoms with Crippen LogP contribution in [0.25, 0.3) is 10.9 Å². The first kappa shape index (κ1) is 12.7. The van der Waals surface area contributed by atoms with E-state index in [1.807, 2.05) is 22.9 Å². The van der Waals surface area contributed by atoms with Crippen molar-refractivity contribution >= 4 is 10.9 Å². The molecule has 0 aliphatic rings. The first-order valence-corrected chi connectivity index (χ1v) is 6.80. The SMILES string of the molecule is CCn1nc(CNCc2cccnn2)c2ccccc21. The van der Waals surface area contributed by atoms with E-state index in [2.05, 4.69) is 45.7 Å². The van der Waals surface area contributed by atoms with Gasteiger partial charge in [0.2, 0.25) is 0 Å². The standard InChI is InChI=1S/C15H17N5/c1-2-20-15-8-4-3-7-13(15)14(19-20)11-16-10-12-6-5-9-17-18-12/h3-9,16H,2,10-11H2,1H3. The molecule has 0 spiro atoms. The topological polar surface area (TPSA) is 55.6 Å². The monoisotopic (exact) mass is 267 g/mol. The molecule has 0 radical (unpaired) electrons. The quantitative estimate of drug-likeness (QED) is 0.769. The van der Waals surface area contributed by atoms with Gasteiger partial charge in [0.05, 0.1) is 16.9 Å². The molecule has 0 atom stereocenters. The van der Waals surface area contributed by atoms with Gasteiger partial charge in [0.15, 0.2) is 0 Å². The largest absolute Gasteiger partial charge is 0.305 e. The van der Waals surface area contributed by atoms with Crippen molar-refractivity contribution in [2.24, 2.45) is 0 Å². The van der Waals surface area contributed by atoms with Gasteiger partial charge in [-0.05, 0) is 25.1 Å². The summed E-state index contributed by atoms with van der Waals surface area (Å²) in [5.74, 6) is 0. The highest BCUT2D eigenvalue weighted by Gasteiger charge is 2.08. The number of nitrogens with zero attached hydrogens (tertiary/aromatic N) is 4. The number of rotatable bonds is 5. The molecule has 20 heavy (non-hydrogen) atoms. The van der Waals surface area contributed by atoms with Crippen molar-refractivity contribution < 1.29 is 0 Å².